The fraction of sp³-hybridized carbons (Fsp3) is 0.478. The summed E-state index contributed by atoms with van der Waals surface area (Å²) in [5.41, 5.74) is 3.46. The third kappa shape index (κ3) is 4.58. The van der Waals surface area contributed by atoms with Crippen molar-refractivity contribution in [3.63, 3.8) is 0 Å². The first-order chi connectivity index (χ1) is 14.7. The number of aromatic nitrogens is 3. The summed E-state index contributed by atoms with van der Waals surface area (Å²) >= 11 is 3.92. The SMILES string of the molecule is CNC1CCC(c2ncc(-c3ccc(Nc4cnn(C)c4)cc3SC3CC3)s2)CC1. The van der Waals surface area contributed by atoms with Gasteiger partial charge < -0.3 is 10.6 Å². The number of benzene rings is 1. The largest absolute Gasteiger partial charge is 0.353 e. The van der Waals surface area contributed by atoms with Crippen LogP contribution in [0.2, 0.25) is 0 Å². The first-order valence-corrected chi connectivity index (χ1v) is 12.6. The lowest BCUT2D eigenvalue weighted by atomic mass is 9.86. The van der Waals surface area contributed by atoms with E-state index >= 15 is 0 Å². The van der Waals surface area contributed by atoms with Crippen molar-refractivity contribution >= 4 is 34.5 Å². The quantitative estimate of drug-likeness (QED) is 0.488. The highest BCUT2D eigenvalue weighted by atomic mass is 32.2. The molecule has 2 fully saturated rings. The van der Waals surface area contributed by atoms with Gasteiger partial charge in [-0.15, -0.1) is 23.1 Å². The molecule has 3 aromatic rings. The summed E-state index contributed by atoms with van der Waals surface area (Å²) in [6.07, 6.45) is 13.6. The number of anilines is 2. The zero-order chi connectivity index (χ0) is 20.5. The molecule has 0 spiro atoms. The van der Waals surface area contributed by atoms with Crippen LogP contribution < -0.4 is 10.6 Å². The third-order valence-electron chi connectivity index (χ3n) is 6.07. The van der Waals surface area contributed by atoms with E-state index in [1.165, 1.54) is 58.9 Å². The molecule has 2 aliphatic carbocycles. The van der Waals surface area contributed by atoms with Crippen LogP contribution in [0.1, 0.15) is 49.5 Å². The Morgan fingerprint density at radius 2 is 1.90 bits per heavy atom. The van der Waals surface area contributed by atoms with Crippen LogP contribution in [0.5, 0.6) is 0 Å². The van der Waals surface area contributed by atoms with E-state index in [4.69, 9.17) is 4.98 Å². The normalized spacial score (nSPS) is 21.7. The van der Waals surface area contributed by atoms with Crippen molar-refractivity contribution in [2.75, 3.05) is 12.4 Å². The summed E-state index contributed by atoms with van der Waals surface area (Å²) in [6.45, 7) is 0. The van der Waals surface area contributed by atoms with Gasteiger partial charge in [-0.05, 0) is 57.7 Å². The Hall–Kier alpha value is -1.83. The van der Waals surface area contributed by atoms with E-state index in [1.807, 2.05) is 47.2 Å². The molecule has 2 aromatic heterocycles. The van der Waals surface area contributed by atoms with E-state index in [9.17, 15) is 0 Å². The van der Waals surface area contributed by atoms with E-state index < -0.39 is 0 Å². The monoisotopic (exact) mass is 439 g/mol. The second-order valence-corrected chi connectivity index (χ2v) is 10.9. The van der Waals surface area contributed by atoms with Crippen LogP contribution >= 0.6 is 23.1 Å². The van der Waals surface area contributed by atoms with Crippen molar-refractivity contribution in [1.29, 1.82) is 0 Å². The number of hydrogen-bond acceptors (Lipinski definition) is 6. The van der Waals surface area contributed by atoms with Gasteiger partial charge in [0.05, 0.1) is 21.8 Å². The van der Waals surface area contributed by atoms with Gasteiger partial charge in [-0.1, -0.05) is 6.07 Å². The molecule has 0 atom stereocenters. The van der Waals surface area contributed by atoms with Gasteiger partial charge in [0, 0.05) is 52.8 Å². The number of nitrogens with zero attached hydrogens (tertiary/aromatic N) is 3. The lowest BCUT2D eigenvalue weighted by Crippen LogP contribution is -2.29. The fourth-order valence-electron chi connectivity index (χ4n) is 4.15. The maximum atomic E-state index is 4.86. The number of hydrogen-bond donors (Lipinski definition) is 2. The fourth-order valence-corrected chi connectivity index (χ4v) is 6.57. The highest BCUT2D eigenvalue weighted by Gasteiger charge is 2.26. The van der Waals surface area contributed by atoms with Crippen molar-refractivity contribution < 1.29 is 0 Å². The van der Waals surface area contributed by atoms with Crippen LogP contribution in [0.4, 0.5) is 11.4 Å². The second-order valence-electron chi connectivity index (χ2n) is 8.46. The average Bonchev–Trinajstić information content (AvgIpc) is 3.27. The third-order valence-corrected chi connectivity index (χ3v) is 8.66. The molecule has 5 nitrogen and oxygen atoms in total. The maximum absolute atomic E-state index is 4.86. The lowest BCUT2D eigenvalue weighted by molar-refractivity contribution is 0.358. The highest BCUT2D eigenvalue weighted by Crippen LogP contribution is 2.46. The summed E-state index contributed by atoms with van der Waals surface area (Å²) in [4.78, 5) is 7.52. The van der Waals surface area contributed by atoms with Gasteiger partial charge >= 0.3 is 0 Å². The van der Waals surface area contributed by atoms with E-state index in [2.05, 4.69) is 47.2 Å². The van der Waals surface area contributed by atoms with Crippen molar-refractivity contribution in [2.45, 2.75) is 60.6 Å². The predicted molar refractivity (Wildman–Crippen MR) is 127 cm³/mol. The molecule has 7 heteroatoms. The molecule has 0 amide bonds. The second kappa shape index (κ2) is 8.73. The Labute approximate surface area is 186 Å². The van der Waals surface area contributed by atoms with Gasteiger partial charge in [0.1, 0.15) is 0 Å². The molecular weight excluding hydrogens is 410 g/mol. The van der Waals surface area contributed by atoms with Crippen molar-refractivity contribution in [3.05, 3.63) is 41.8 Å². The highest BCUT2D eigenvalue weighted by molar-refractivity contribution is 8.00. The zero-order valence-corrected chi connectivity index (χ0v) is 19.2. The smallest absolute Gasteiger partial charge is 0.0962 e. The Morgan fingerprint density at radius 1 is 1.07 bits per heavy atom. The molecule has 158 valence electrons. The van der Waals surface area contributed by atoms with E-state index in [0.717, 1.165) is 16.6 Å². The van der Waals surface area contributed by atoms with Gasteiger partial charge in [0.15, 0.2) is 0 Å². The Kier molecular flexibility index (Phi) is 5.85. The molecule has 2 saturated carbocycles. The Bertz CT molecular complexity index is 999. The van der Waals surface area contributed by atoms with Crippen LogP contribution in [0.15, 0.2) is 41.7 Å². The molecule has 2 aliphatic rings. The number of aryl methyl sites for hydroxylation is 1. The molecular formula is C23H29N5S2. The maximum Gasteiger partial charge on any atom is 0.0962 e. The van der Waals surface area contributed by atoms with Gasteiger partial charge in [0.2, 0.25) is 0 Å². The number of rotatable bonds is 7. The summed E-state index contributed by atoms with van der Waals surface area (Å²) in [6, 6.07) is 7.42. The number of thioether (sulfide) groups is 1. The molecule has 0 radical (unpaired) electrons. The molecule has 0 aliphatic heterocycles. The van der Waals surface area contributed by atoms with Gasteiger partial charge in [-0.3, -0.25) is 4.68 Å². The topological polar surface area (TPSA) is 54.8 Å². The number of nitrogens with one attached hydrogen (secondary N) is 2. The van der Waals surface area contributed by atoms with Crippen molar-refractivity contribution in [2.24, 2.45) is 7.05 Å². The summed E-state index contributed by atoms with van der Waals surface area (Å²) < 4.78 is 1.82. The molecule has 5 rings (SSSR count). The molecule has 0 bridgehead atoms. The Morgan fingerprint density at radius 3 is 2.60 bits per heavy atom. The van der Waals surface area contributed by atoms with Crippen LogP contribution in [0.25, 0.3) is 10.4 Å². The minimum atomic E-state index is 0.624. The molecule has 2 heterocycles. The van der Waals surface area contributed by atoms with Gasteiger partial charge in [-0.25, -0.2) is 4.98 Å². The van der Waals surface area contributed by atoms with Crippen molar-refractivity contribution in [1.82, 2.24) is 20.1 Å². The summed E-state index contributed by atoms with van der Waals surface area (Å²) in [7, 11) is 4.02. The first-order valence-electron chi connectivity index (χ1n) is 10.9. The first kappa shape index (κ1) is 20.1. The molecule has 0 unspecified atom stereocenters. The van der Waals surface area contributed by atoms with Gasteiger partial charge in [0.25, 0.3) is 0 Å². The molecule has 1 aromatic carbocycles. The van der Waals surface area contributed by atoms with Crippen LogP contribution in [-0.2, 0) is 7.05 Å². The molecule has 2 N–H and O–H groups in total. The predicted octanol–water partition coefficient (Wildman–Crippen LogP) is 5.79. The van der Waals surface area contributed by atoms with Crippen LogP contribution in [0.3, 0.4) is 0 Å². The minimum absolute atomic E-state index is 0.624. The lowest BCUT2D eigenvalue weighted by Gasteiger charge is -2.26. The van der Waals surface area contributed by atoms with E-state index in [0.29, 0.717) is 12.0 Å². The van der Waals surface area contributed by atoms with E-state index in [-0.39, 0.29) is 0 Å². The molecule has 30 heavy (non-hydrogen) atoms. The summed E-state index contributed by atoms with van der Waals surface area (Å²) in [5, 5.41) is 13.3. The van der Waals surface area contributed by atoms with Crippen LogP contribution in [0, 0.1) is 0 Å². The number of thiazole rings is 1. The van der Waals surface area contributed by atoms with Crippen LogP contribution in [-0.4, -0.2) is 33.1 Å². The van der Waals surface area contributed by atoms with Gasteiger partial charge in [-0.2, -0.15) is 5.10 Å². The van der Waals surface area contributed by atoms with Crippen molar-refractivity contribution in [3.8, 4) is 10.4 Å². The Balaban J connectivity index is 1.37. The minimum Gasteiger partial charge on any atom is -0.353 e. The molecule has 0 saturated heterocycles. The average molecular weight is 440 g/mol. The summed E-state index contributed by atoms with van der Waals surface area (Å²) in [5.74, 6) is 0.624. The standard InChI is InChI=1S/C23H29N5S2/c1-24-16-5-3-15(4-6-16)23-25-13-22(30-23)20-10-7-17(11-21(20)29-19-8-9-19)27-18-12-26-28(2)14-18/h7,10-16,19,24,27H,3-6,8-9H2,1-2H3. The van der Waals surface area contributed by atoms with E-state index in [1.54, 1.807) is 0 Å². The zero-order valence-electron chi connectivity index (χ0n) is 17.6.